The number of aryl methyl sites for hydroxylation is 1. The number of fused-ring (bicyclic) bond motifs is 1. The summed E-state index contributed by atoms with van der Waals surface area (Å²) in [7, 11) is 1.75. The van der Waals surface area contributed by atoms with E-state index in [-0.39, 0.29) is 0 Å². The lowest BCUT2D eigenvalue weighted by atomic mass is 10.2. The van der Waals surface area contributed by atoms with Crippen molar-refractivity contribution in [1.29, 1.82) is 0 Å². The second kappa shape index (κ2) is 7.17. The van der Waals surface area contributed by atoms with Gasteiger partial charge in [0.2, 0.25) is 0 Å². The summed E-state index contributed by atoms with van der Waals surface area (Å²) in [6, 6.07) is 4.30. The number of methoxy groups -OCH3 is 1. The first-order valence-corrected chi connectivity index (χ1v) is 8.45. The number of rotatable bonds is 5. The van der Waals surface area contributed by atoms with E-state index in [4.69, 9.17) is 9.72 Å². The minimum atomic E-state index is 0.724. The Morgan fingerprint density at radius 3 is 3.00 bits per heavy atom. The number of ether oxygens (including phenoxy) is 1. The Balaban J connectivity index is 1.80. The molecule has 1 aliphatic rings. The van der Waals surface area contributed by atoms with Gasteiger partial charge in [0.05, 0.1) is 13.2 Å². The van der Waals surface area contributed by atoms with Crippen molar-refractivity contribution in [1.82, 2.24) is 14.9 Å². The van der Waals surface area contributed by atoms with Gasteiger partial charge in [-0.2, -0.15) is 0 Å². The molecule has 0 bridgehead atoms. The summed E-state index contributed by atoms with van der Waals surface area (Å²) in [6.45, 7) is 7.46. The lowest BCUT2D eigenvalue weighted by Gasteiger charge is -2.23. The fraction of sp³-hybridized carbons (Fsp3) is 0.500. The smallest absolute Gasteiger partial charge is 0.133 e. The summed E-state index contributed by atoms with van der Waals surface area (Å²) in [5.74, 6) is 1.11. The highest BCUT2D eigenvalue weighted by molar-refractivity contribution is 7.09. The molecule has 6 heteroatoms. The third-order valence-corrected chi connectivity index (χ3v) is 4.65. The van der Waals surface area contributed by atoms with Crippen LogP contribution in [0.2, 0.25) is 0 Å². The predicted molar refractivity (Wildman–Crippen MR) is 89.3 cm³/mol. The van der Waals surface area contributed by atoms with Gasteiger partial charge in [0, 0.05) is 56.1 Å². The molecule has 0 amide bonds. The maximum atomic E-state index is 5.25. The zero-order chi connectivity index (χ0) is 15.4. The van der Waals surface area contributed by atoms with Crippen molar-refractivity contribution in [2.75, 3.05) is 38.3 Å². The summed E-state index contributed by atoms with van der Waals surface area (Å²) >= 11 is 1.72. The van der Waals surface area contributed by atoms with Crippen molar-refractivity contribution in [3.8, 4) is 0 Å². The Hall–Kier alpha value is -1.50. The fourth-order valence-electron chi connectivity index (χ4n) is 2.73. The molecular formula is C16H22N4OS. The molecule has 118 valence electrons. The Morgan fingerprint density at radius 1 is 1.32 bits per heavy atom. The highest BCUT2D eigenvalue weighted by Crippen LogP contribution is 2.24. The molecular weight excluding hydrogens is 296 g/mol. The van der Waals surface area contributed by atoms with Crippen LogP contribution in [0.5, 0.6) is 0 Å². The van der Waals surface area contributed by atoms with Gasteiger partial charge in [-0.05, 0) is 13.0 Å². The lowest BCUT2D eigenvalue weighted by molar-refractivity contribution is 0.203. The maximum absolute atomic E-state index is 5.25. The van der Waals surface area contributed by atoms with Gasteiger partial charge in [-0.15, -0.1) is 11.3 Å². The molecule has 0 N–H and O–H groups in total. The van der Waals surface area contributed by atoms with Crippen molar-refractivity contribution < 1.29 is 4.74 Å². The molecule has 0 saturated heterocycles. The number of thiazole rings is 1. The van der Waals surface area contributed by atoms with Crippen LogP contribution in [0.25, 0.3) is 0 Å². The average Bonchev–Trinajstić information content (AvgIpc) is 2.96. The van der Waals surface area contributed by atoms with E-state index >= 15 is 0 Å². The van der Waals surface area contributed by atoms with Gasteiger partial charge in [0.15, 0.2) is 0 Å². The van der Waals surface area contributed by atoms with Crippen molar-refractivity contribution in [2.45, 2.75) is 20.0 Å². The first-order valence-electron chi connectivity index (χ1n) is 7.57. The summed E-state index contributed by atoms with van der Waals surface area (Å²) < 4.78 is 5.25. The first kappa shape index (κ1) is 15.4. The van der Waals surface area contributed by atoms with E-state index in [1.165, 1.54) is 10.6 Å². The fourth-order valence-corrected chi connectivity index (χ4v) is 3.39. The summed E-state index contributed by atoms with van der Waals surface area (Å²) in [5.41, 5.74) is 2.35. The molecule has 0 spiro atoms. The molecule has 22 heavy (non-hydrogen) atoms. The normalized spacial score (nSPS) is 15.6. The van der Waals surface area contributed by atoms with E-state index in [2.05, 4.69) is 26.9 Å². The Labute approximate surface area is 135 Å². The van der Waals surface area contributed by atoms with Crippen LogP contribution < -0.4 is 4.90 Å². The van der Waals surface area contributed by atoms with Gasteiger partial charge >= 0.3 is 0 Å². The highest BCUT2D eigenvalue weighted by atomic mass is 32.1. The topological polar surface area (TPSA) is 41.5 Å². The molecule has 0 saturated carbocycles. The van der Waals surface area contributed by atoms with Gasteiger partial charge in [0.1, 0.15) is 10.8 Å². The van der Waals surface area contributed by atoms with Crippen LogP contribution >= 0.6 is 11.3 Å². The number of hydrogen-bond acceptors (Lipinski definition) is 6. The van der Waals surface area contributed by atoms with Crippen molar-refractivity contribution in [3.63, 3.8) is 0 Å². The van der Waals surface area contributed by atoms with E-state index in [1.54, 1.807) is 18.4 Å². The monoisotopic (exact) mass is 318 g/mol. The van der Waals surface area contributed by atoms with E-state index in [9.17, 15) is 0 Å². The molecule has 3 rings (SSSR count). The molecule has 2 aromatic heterocycles. The van der Waals surface area contributed by atoms with Crippen LogP contribution in [-0.2, 0) is 17.8 Å². The number of pyridine rings is 1. The summed E-state index contributed by atoms with van der Waals surface area (Å²) in [6.07, 6.45) is 1.88. The van der Waals surface area contributed by atoms with Gasteiger partial charge in [-0.25, -0.2) is 9.97 Å². The zero-order valence-electron chi connectivity index (χ0n) is 13.2. The number of hydrogen-bond donors (Lipinski definition) is 0. The molecule has 0 radical (unpaired) electrons. The number of anilines is 1. The molecule has 0 atom stereocenters. The van der Waals surface area contributed by atoms with Gasteiger partial charge in [-0.3, -0.25) is 4.90 Å². The Kier molecular flexibility index (Phi) is 5.02. The van der Waals surface area contributed by atoms with Crippen LogP contribution in [-0.4, -0.2) is 48.2 Å². The minimum absolute atomic E-state index is 0.724. The van der Waals surface area contributed by atoms with Crippen LogP contribution in [0.1, 0.15) is 16.3 Å². The maximum Gasteiger partial charge on any atom is 0.133 e. The van der Waals surface area contributed by atoms with E-state index < -0.39 is 0 Å². The van der Waals surface area contributed by atoms with E-state index in [0.29, 0.717) is 0 Å². The largest absolute Gasteiger partial charge is 0.383 e. The molecule has 0 aromatic carbocycles. The second-order valence-electron chi connectivity index (χ2n) is 5.55. The second-order valence-corrected chi connectivity index (χ2v) is 6.53. The average molecular weight is 318 g/mol. The van der Waals surface area contributed by atoms with Crippen LogP contribution in [0.15, 0.2) is 23.7 Å². The molecule has 3 heterocycles. The summed E-state index contributed by atoms with van der Waals surface area (Å²) in [4.78, 5) is 14.0. The van der Waals surface area contributed by atoms with Gasteiger partial charge in [-0.1, -0.05) is 6.07 Å². The SMILES string of the molecule is COCCN1CCN(Cc2nccs2)Cc2ccc(C)nc21. The molecule has 0 fully saturated rings. The van der Waals surface area contributed by atoms with Crippen molar-refractivity contribution >= 4 is 17.2 Å². The van der Waals surface area contributed by atoms with E-state index in [1.807, 2.05) is 18.5 Å². The van der Waals surface area contributed by atoms with Crippen molar-refractivity contribution in [2.24, 2.45) is 0 Å². The minimum Gasteiger partial charge on any atom is -0.383 e. The Morgan fingerprint density at radius 2 is 2.23 bits per heavy atom. The van der Waals surface area contributed by atoms with Crippen LogP contribution in [0, 0.1) is 6.92 Å². The van der Waals surface area contributed by atoms with Gasteiger partial charge < -0.3 is 9.64 Å². The predicted octanol–water partition coefficient (Wildman–Crippen LogP) is 2.32. The quantitative estimate of drug-likeness (QED) is 0.846. The third-order valence-electron chi connectivity index (χ3n) is 3.88. The zero-order valence-corrected chi connectivity index (χ0v) is 14.0. The number of nitrogens with zero attached hydrogens (tertiary/aromatic N) is 4. The van der Waals surface area contributed by atoms with Crippen molar-refractivity contribution in [3.05, 3.63) is 40.0 Å². The van der Waals surface area contributed by atoms with Crippen LogP contribution in [0.3, 0.4) is 0 Å². The highest BCUT2D eigenvalue weighted by Gasteiger charge is 2.21. The van der Waals surface area contributed by atoms with Crippen LogP contribution in [0.4, 0.5) is 5.82 Å². The third kappa shape index (κ3) is 3.63. The van der Waals surface area contributed by atoms with Gasteiger partial charge in [0.25, 0.3) is 0 Å². The molecule has 5 nitrogen and oxygen atoms in total. The summed E-state index contributed by atoms with van der Waals surface area (Å²) in [5, 5.41) is 3.21. The molecule has 2 aromatic rings. The van der Waals surface area contributed by atoms with E-state index in [0.717, 1.165) is 50.8 Å². The molecule has 0 aliphatic carbocycles. The number of aromatic nitrogens is 2. The first-order chi connectivity index (χ1) is 10.8. The Bertz CT molecular complexity index is 602. The molecule has 1 aliphatic heterocycles. The lowest BCUT2D eigenvalue weighted by Crippen LogP contribution is -2.33. The standard InChI is InChI=1S/C16H22N4OS/c1-13-3-4-14-11-19(12-15-17-5-10-22-15)6-7-20(8-9-21-2)16(14)18-13/h3-5,10H,6-9,11-12H2,1-2H3. The molecule has 0 unspecified atom stereocenters.